The van der Waals surface area contributed by atoms with Gasteiger partial charge in [0.1, 0.15) is 0 Å². The van der Waals surface area contributed by atoms with Gasteiger partial charge in [0.25, 0.3) is 5.91 Å². The quantitative estimate of drug-likeness (QED) is 0.792. The van der Waals surface area contributed by atoms with Crippen molar-refractivity contribution in [1.29, 1.82) is 0 Å². The normalized spacial score (nSPS) is 19.8. The summed E-state index contributed by atoms with van der Waals surface area (Å²) in [7, 11) is 1.57. The van der Waals surface area contributed by atoms with Gasteiger partial charge >= 0.3 is 5.97 Å². The molecule has 1 aromatic carbocycles. The van der Waals surface area contributed by atoms with Crippen LogP contribution >= 0.6 is 0 Å². The van der Waals surface area contributed by atoms with E-state index in [1.165, 1.54) is 0 Å². The van der Waals surface area contributed by atoms with Crippen LogP contribution in [0.1, 0.15) is 49.5 Å². The van der Waals surface area contributed by atoms with Gasteiger partial charge in [-0.1, -0.05) is 32.9 Å². The van der Waals surface area contributed by atoms with Crippen LogP contribution in [0.25, 0.3) is 0 Å². The second-order valence-corrected chi connectivity index (χ2v) is 7.93. The summed E-state index contributed by atoms with van der Waals surface area (Å²) in [5, 5.41) is 12.0. The molecule has 2 amide bonds. The molecule has 7 heteroatoms. The Morgan fingerprint density at radius 1 is 1.22 bits per heavy atom. The van der Waals surface area contributed by atoms with E-state index in [4.69, 9.17) is 9.84 Å². The third-order valence-corrected chi connectivity index (χ3v) is 4.72. The minimum absolute atomic E-state index is 0.0400. The van der Waals surface area contributed by atoms with Crippen LogP contribution in [0.15, 0.2) is 24.3 Å². The molecule has 0 bridgehead atoms. The highest BCUT2D eigenvalue weighted by molar-refractivity contribution is 5.95. The number of hydrogen-bond donors (Lipinski definition) is 2. The monoisotopic (exact) mass is 376 g/mol. The molecule has 1 aliphatic heterocycles. The summed E-state index contributed by atoms with van der Waals surface area (Å²) in [5.41, 5.74) is 0.929. The first-order valence-corrected chi connectivity index (χ1v) is 9.04. The van der Waals surface area contributed by atoms with Gasteiger partial charge < -0.3 is 20.1 Å². The second-order valence-electron chi connectivity index (χ2n) is 7.93. The van der Waals surface area contributed by atoms with Gasteiger partial charge in [-0.25, -0.2) is 0 Å². The first-order valence-electron chi connectivity index (χ1n) is 9.04. The molecule has 7 nitrogen and oxygen atoms in total. The minimum Gasteiger partial charge on any atom is -0.481 e. The Morgan fingerprint density at radius 2 is 1.85 bits per heavy atom. The Labute approximate surface area is 159 Å². The molecule has 1 aliphatic rings. The van der Waals surface area contributed by atoms with Crippen LogP contribution in [-0.2, 0) is 20.9 Å². The van der Waals surface area contributed by atoms with Crippen LogP contribution in [0.3, 0.4) is 0 Å². The molecule has 2 unspecified atom stereocenters. The van der Waals surface area contributed by atoms with Gasteiger partial charge in [-0.15, -0.1) is 0 Å². The molecule has 27 heavy (non-hydrogen) atoms. The first-order chi connectivity index (χ1) is 12.6. The topological polar surface area (TPSA) is 95.9 Å². The number of carbonyl (C=O) groups excluding carboxylic acids is 2. The molecule has 2 atom stereocenters. The molecule has 148 valence electrons. The molecule has 2 N–H and O–H groups in total. The average Bonchev–Trinajstić information content (AvgIpc) is 3.00. The maximum atomic E-state index is 12.8. The standard InChI is InChI=1S/C20H28N2O5/c1-20(2,3)19(26)21-11-13-5-7-14(8-6-13)18(25)22-12-16(27-4)9-15(22)10-17(23)24/h5-8,15-16H,9-12H2,1-4H3,(H,21,26)(H,23,24). The maximum Gasteiger partial charge on any atom is 0.305 e. The lowest BCUT2D eigenvalue weighted by Gasteiger charge is -2.23. The summed E-state index contributed by atoms with van der Waals surface area (Å²) < 4.78 is 5.31. The highest BCUT2D eigenvalue weighted by Crippen LogP contribution is 2.25. The van der Waals surface area contributed by atoms with Gasteiger partial charge in [-0.05, 0) is 24.1 Å². The van der Waals surface area contributed by atoms with Gasteiger partial charge in [0.05, 0.1) is 12.5 Å². The molecule has 0 radical (unpaired) electrons. The fraction of sp³-hybridized carbons (Fsp3) is 0.550. The number of carboxylic acid groups (broad SMARTS) is 1. The Hall–Kier alpha value is -2.41. The van der Waals surface area contributed by atoms with Crippen LogP contribution in [0.2, 0.25) is 0 Å². The van der Waals surface area contributed by atoms with E-state index in [0.29, 0.717) is 25.1 Å². The van der Waals surface area contributed by atoms with E-state index in [2.05, 4.69) is 5.32 Å². The number of carbonyl (C=O) groups is 3. The zero-order valence-corrected chi connectivity index (χ0v) is 16.3. The Balaban J connectivity index is 2.03. The number of rotatable bonds is 6. The second kappa shape index (κ2) is 8.52. The molecule has 1 aromatic rings. The number of nitrogens with one attached hydrogen (secondary N) is 1. The minimum atomic E-state index is -0.931. The Morgan fingerprint density at radius 3 is 2.37 bits per heavy atom. The number of likely N-dealkylation sites (tertiary alicyclic amines) is 1. The highest BCUT2D eigenvalue weighted by atomic mass is 16.5. The lowest BCUT2D eigenvalue weighted by Crippen LogP contribution is -2.37. The molecule has 1 saturated heterocycles. The van der Waals surface area contributed by atoms with Crippen molar-refractivity contribution in [1.82, 2.24) is 10.2 Å². The third kappa shape index (κ3) is 5.53. The number of carboxylic acids is 1. The first kappa shape index (κ1) is 20.9. The predicted molar refractivity (Wildman–Crippen MR) is 100 cm³/mol. The number of aliphatic carboxylic acids is 1. The summed E-state index contributed by atoms with van der Waals surface area (Å²) >= 11 is 0. The number of nitrogens with zero attached hydrogens (tertiary/aromatic N) is 1. The van der Waals surface area contributed by atoms with Crippen molar-refractivity contribution in [2.24, 2.45) is 5.41 Å². The molecule has 1 fully saturated rings. The zero-order valence-electron chi connectivity index (χ0n) is 16.3. The summed E-state index contributed by atoms with van der Waals surface area (Å²) in [6, 6.07) is 6.64. The van der Waals surface area contributed by atoms with Crippen molar-refractivity contribution in [3.05, 3.63) is 35.4 Å². The van der Waals surface area contributed by atoms with E-state index in [1.54, 1.807) is 36.3 Å². The molecule has 2 rings (SSSR count). The number of ether oxygens (including phenoxy) is 1. The van der Waals surface area contributed by atoms with Crippen molar-refractivity contribution in [3.8, 4) is 0 Å². The van der Waals surface area contributed by atoms with Crippen molar-refractivity contribution in [2.45, 2.75) is 52.3 Å². The van der Waals surface area contributed by atoms with Crippen LogP contribution in [0, 0.1) is 5.41 Å². The summed E-state index contributed by atoms with van der Waals surface area (Å²) in [6.45, 7) is 6.32. The van der Waals surface area contributed by atoms with Crippen molar-refractivity contribution in [2.75, 3.05) is 13.7 Å². The van der Waals surface area contributed by atoms with E-state index in [0.717, 1.165) is 5.56 Å². The average molecular weight is 376 g/mol. The summed E-state index contributed by atoms with van der Waals surface area (Å²) in [5.74, 6) is -1.17. The lowest BCUT2D eigenvalue weighted by molar-refractivity contribution is -0.138. The fourth-order valence-corrected chi connectivity index (χ4v) is 3.07. The molecule has 0 spiro atoms. The van der Waals surface area contributed by atoms with Gasteiger partial charge in [0.2, 0.25) is 5.91 Å². The number of methoxy groups -OCH3 is 1. The molecular formula is C20H28N2O5. The summed E-state index contributed by atoms with van der Waals surface area (Å²) in [6.07, 6.45) is 0.277. The Bertz CT molecular complexity index is 693. The van der Waals surface area contributed by atoms with Crippen molar-refractivity contribution >= 4 is 17.8 Å². The predicted octanol–water partition coefficient (Wildman–Crippen LogP) is 2.05. The SMILES string of the molecule is COC1CC(CC(=O)O)N(C(=O)c2ccc(CNC(=O)C(C)(C)C)cc2)C1. The molecule has 1 heterocycles. The van der Waals surface area contributed by atoms with Gasteiger partial charge in [-0.2, -0.15) is 0 Å². The van der Waals surface area contributed by atoms with E-state index in [9.17, 15) is 14.4 Å². The number of hydrogen-bond acceptors (Lipinski definition) is 4. The smallest absolute Gasteiger partial charge is 0.305 e. The van der Waals surface area contributed by atoms with Crippen molar-refractivity contribution < 1.29 is 24.2 Å². The van der Waals surface area contributed by atoms with Gasteiger partial charge in [0.15, 0.2) is 0 Å². The number of benzene rings is 1. The molecule has 0 saturated carbocycles. The maximum absolute atomic E-state index is 12.8. The Kier molecular flexibility index (Phi) is 6.59. The lowest BCUT2D eigenvalue weighted by atomic mass is 9.95. The van der Waals surface area contributed by atoms with Crippen LogP contribution < -0.4 is 5.32 Å². The van der Waals surface area contributed by atoms with E-state index in [-0.39, 0.29) is 30.4 Å². The van der Waals surface area contributed by atoms with E-state index >= 15 is 0 Å². The molecule has 0 aromatic heterocycles. The third-order valence-electron chi connectivity index (χ3n) is 4.72. The molecule has 0 aliphatic carbocycles. The molecular weight excluding hydrogens is 348 g/mol. The fourth-order valence-electron chi connectivity index (χ4n) is 3.07. The van der Waals surface area contributed by atoms with E-state index in [1.807, 2.05) is 20.8 Å². The van der Waals surface area contributed by atoms with Crippen LogP contribution in [-0.4, -0.2) is 53.6 Å². The zero-order chi connectivity index (χ0) is 20.2. The van der Waals surface area contributed by atoms with Gasteiger partial charge in [0, 0.05) is 37.2 Å². The van der Waals surface area contributed by atoms with E-state index < -0.39 is 11.4 Å². The van der Waals surface area contributed by atoms with Crippen LogP contribution in [0.5, 0.6) is 0 Å². The van der Waals surface area contributed by atoms with Gasteiger partial charge in [-0.3, -0.25) is 14.4 Å². The van der Waals surface area contributed by atoms with Crippen LogP contribution in [0.4, 0.5) is 0 Å². The summed E-state index contributed by atoms with van der Waals surface area (Å²) in [4.78, 5) is 37.4. The largest absolute Gasteiger partial charge is 0.481 e. The van der Waals surface area contributed by atoms with Crippen molar-refractivity contribution in [3.63, 3.8) is 0 Å². The highest BCUT2D eigenvalue weighted by Gasteiger charge is 2.36. The number of amides is 2.